The topological polar surface area (TPSA) is 113 Å². The molecule has 35 heavy (non-hydrogen) atoms. The molecule has 0 aliphatic carbocycles. The highest BCUT2D eigenvalue weighted by molar-refractivity contribution is 7.89. The van der Waals surface area contributed by atoms with Crippen molar-refractivity contribution in [2.75, 3.05) is 40.3 Å². The van der Waals surface area contributed by atoms with E-state index in [1.54, 1.807) is 36.4 Å². The third-order valence-electron chi connectivity index (χ3n) is 5.66. The maximum absolute atomic E-state index is 12.9. The Balaban J connectivity index is 1.47. The summed E-state index contributed by atoms with van der Waals surface area (Å²) in [5, 5.41) is 3.27. The van der Waals surface area contributed by atoms with Gasteiger partial charge in [0.05, 0.1) is 23.1 Å². The molecule has 1 fully saturated rings. The van der Waals surface area contributed by atoms with E-state index < -0.39 is 26.0 Å². The van der Waals surface area contributed by atoms with Gasteiger partial charge in [-0.1, -0.05) is 23.7 Å². The fourth-order valence-electron chi connectivity index (χ4n) is 3.74. The van der Waals surface area contributed by atoms with Crippen molar-refractivity contribution in [3.8, 4) is 5.75 Å². The minimum atomic E-state index is -3.58. The van der Waals surface area contributed by atoms with Crippen LogP contribution in [0, 0.1) is 5.92 Å². The summed E-state index contributed by atoms with van der Waals surface area (Å²) in [5.74, 6) is -0.338. The van der Waals surface area contributed by atoms with Crippen molar-refractivity contribution >= 4 is 37.6 Å². The SMILES string of the molecule is CN(C)S(=O)(=O)c1ccc(OCCNC(=O)[C@@H]2CCCN(S(=O)(=O)Cc3cccc(Cl)c3)C2)cc1. The molecule has 1 N–H and O–H groups in total. The molecule has 12 heteroatoms. The number of hydrogen-bond acceptors (Lipinski definition) is 6. The van der Waals surface area contributed by atoms with Gasteiger partial charge in [0.1, 0.15) is 12.4 Å². The monoisotopic (exact) mass is 543 g/mol. The lowest BCUT2D eigenvalue weighted by Gasteiger charge is -2.31. The average Bonchev–Trinajstić information content (AvgIpc) is 2.81. The van der Waals surface area contributed by atoms with Crippen molar-refractivity contribution in [3.63, 3.8) is 0 Å². The first-order chi connectivity index (χ1) is 16.5. The van der Waals surface area contributed by atoms with Crippen LogP contribution in [0.5, 0.6) is 5.75 Å². The molecular formula is C23H30ClN3O6S2. The molecule has 3 rings (SSSR count). The van der Waals surface area contributed by atoms with Crippen molar-refractivity contribution in [2.24, 2.45) is 5.92 Å². The Morgan fingerprint density at radius 3 is 2.51 bits per heavy atom. The lowest BCUT2D eigenvalue weighted by Crippen LogP contribution is -2.46. The quantitative estimate of drug-likeness (QED) is 0.460. The van der Waals surface area contributed by atoms with Crippen LogP contribution in [0.25, 0.3) is 0 Å². The van der Waals surface area contributed by atoms with Gasteiger partial charge >= 0.3 is 0 Å². The molecule has 1 aliphatic rings. The number of piperidine rings is 1. The van der Waals surface area contributed by atoms with Gasteiger partial charge in [0.15, 0.2) is 0 Å². The van der Waals surface area contributed by atoms with Crippen LogP contribution in [-0.2, 0) is 30.6 Å². The molecule has 192 valence electrons. The average molecular weight is 544 g/mol. The Bertz CT molecular complexity index is 1230. The van der Waals surface area contributed by atoms with Gasteiger partial charge in [0, 0.05) is 32.2 Å². The molecule has 0 aromatic heterocycles. The molecule has 0 saturated carbocycles. The predicted octanol–water partition coefficient (Wildman–Crippen LogP) is 2.33. The molecule has 0 radical (unpaired) electrons. The van der Waals surface area contributed by atoms with Gasteiger partial charge in [-0.25, -0.2) is 25.4 Å². The normalized spacial score (nSPS) is 17.3. The molecule has 0 bridgehead atoms. The summed E-state index contributed by atoms with van der Waals surface area (Å²) >= 11 is 5.96. The van der Waals surface area contributed by atoms with E-state index in [9.17, 15) is 21.6 Å². The van der Waals surface area contributed by atoms with Crippen LogP contribution in [-0.4, -0.2) is 71.7 Å². The van der Waals surface area contributed by atoms with Crippen molar-refractivity contribution in [2.45, 2.75) is 23.5 Å². The van der Waals surface area contributed by atoms with Crippen molar-refractivity contribution in [1.82, 2.24) is 13.9 Å². The number of sulfonamides is 2. The van der Waals surface area contributed by atoms with E-state index in [0.717, 1.165) is 4.31 Å². The van der Waals surface area contributed by atoms with Crippen LogP contribution in [0.15, 0.2) is 53.4 Å². The first-order valence-corrected chi connectivity index (χ1v) is 14.6. The summed E-state index contributed by atoms with van der Waals surface area (Å²) < 4.78 is 58.0. The Hall–Kier alpha value is -2.18. The standard InChI is InChI=1S/C23H30ClN3O6S2/c1-26(2)35(31,32)22-10-8-21(9-11-22)33-14-12-25-23(28)19-6-4-13-27(16-19)34(29,30)17-18-5-3-7-20(24)15-18/h3,5,7-11,15,19H,4,6,12-14,16-17H2,1-2H3,(H,25,28)/t19-/m1/s1. The second kappa shape index (κ2) is 11.7. The molecule has 9 nitrogen and oxygen atoms in total. The molecule has 1 atom stereocenters. The number of ether oxygens (including phenoxy) is 1. The molecule has 1 saturated heterocycles. The summed E-state index contributed by atoms with van der Waals surface area (Å²) in [5.41, 5.74) is 0.605. The van der Waals surface area contributed by atoms with Crippen LogP contribution in [0.1, 0.15) is 18.4 Å². The van der Waals surface area contributed by atoms with E-state index >= 15 is 0 Å². The van der Waals surface area contributed by atoms with E-state index in [2.05, 4.69) is 5.32 Å². The van der Waals surface area contributed by atoms with E-state index in [1.807, 2.05) is 0 Å². The number of nitrogens with one attached hydrogen (secondary N) is 1. The first-order valence-electron chi connectivity index (χ1n) is 11.1. The third kappa shape index (κ3) is 7.40. The Morgan fingerprint density at radius 2 is 1.86 bits per heavy atom. The molecule has 2 aromatic carbocycles. The van der Waals surface area contributed by atoms with Gasteiger partial charge in [-0.3, -0.25) is 4.79 Å². The van der Waals surface area contributed by atoms with Gasteiger partial charge in [0.25, 0.3) is 0 Å². The van der Waals surface area contributed by atoms with Crippen molar-refractivity contribution < 1.29 is 26.4 Å². The maximum atomic E-state index is 12.9. The highest BCUT2D eigenvalue weighted by atomic mass is 35.5. The second-order valence-electron chi connectivity index (χ2n) is 8.48. The van der Waals surface area contributed by atoms with Crippen LogP contribution < -0.4 is 10.1 Å². The van der Waals surface area contributed by atoms with Crippen LogP contribution in [0.2, 0.25) is 5.02 Å². The number of benzene rings is 2. The first kappa shape index (κ1) is 27.4. The van der Waals surface area contributed by atoms with E-state index in [-0.39, 0.29) is 36.3 Å². The number of hydrogen-bond donors (Lipinski definition) is 1. The summed E-state index contributed by atoms with van der Waals surface area (Å²) in [6, 6.07) is 12.8. The van der Waals surface area contributed by atoms with Crippen LogP contribution in [0.4, 0.5) is 0 Å². The smallest absolute Gasteiger partial charge is 0.242 e. The summed E-state index contributed by atoms with van der Waals surface area (Å²) in [6.45, 7) is 0.949. The van der Waals surface area contributed by atoms with Gasteiger partial charge in [-0.15, -0.1) is 0 Å². The zero-order valence-corrected chi connectivity index (χ0v) is 22.1. The molecule has 0 spiro atoms. The number of nitrogens with zero attached hydrogens (tertiary/aromatic N) is 2. The van der Waals surface area contributed by atoms with Crippen LogP contribution >= 0.6 is 11.6 Å². The Morgan fingerprint density at radius 1 is 1.14 bits per heavy atom. The highest BCUT2D eigenvalue weighted by Crippen LogP contribution is 2.23. The fourth-order valence-corrected chi connectivity index (χ4v) is 6.46. The predicted molar refractivity (Wildman–Crippen MR) is 134 cm³/mol. The Labute approximate surface area is 212 Å². The number of halogens is 1. The van der Waals surface area contributed by atoms with E-state index in [1.165, 1.54) is 30.5 Å². The van der Waals surface area contributed by atoms with Gasteiger partial charge in [0.2, 0.25) is 26.0 Å². The molecule has 1 amide bonds. The number of amides is 1. The lowest BCUT2D eigenvalue weighted by atomic mass is 9.99. The molecule has 2 aromatic rings. The van der Waals surface area contributed by atoms with Crippen molar-refractivity contribution in [3.05, 3.63) is 59.1 Å². The molecule has 0 unspecified atom stereocenters. The maximum Gasteiger partial charge on any atom is 0.242 e. The second-order valence-corrected chi connectivity index (χ2v) is 13.0. The number of rotatable bonds is 10. The molecular weight excluding hydrogens is 514 g/mol. The van der Waals surface area contributed by atoms with E-state index in [0.29, 0.717) is 35.7 Å². The van der Waals surface area contributed by atoms with Crippen molar-refractivity contribution in [1.29, 1.82) is 0 Å². The minimum absolute atomic E-state index is 0.136. The summed E-state index contributed by atoms with van der Waals surface area (Å²) in [6.07, 6.45) is 1.21. The summed E-state index contributed by atoms with van der Waals surface area (Å²) in [7, 11) is -4.16. The zero-order chi connectivity index (χ0) is 25.6. The van der Waals surface area contributed by atoms with E-state index in [4.69, 9.17) is 16.3 Å². The van der Waals surface area contributed by atoms with Gasteiger partial charge in [-0.05, 0) is 54.8 Å². The van der Waals surface area contributed by atoms with Crippen LogP contribution in [0.3, 0.4) is 0 Å². The lowest BCUT2D eigenvalue weighted by molar-refractivity contribution is -0.126. The van der Waals surface area contributed by atoms with Gasteiger partial charge < -0.3 is 10.1 Å². The number of carbonyl (C=O) groups excluding carboxylic acids is 1. The zero-order valence-electron chi connectivity index (χ0n) is 19.7. The molecule has 1 heterocycles. The largest absolute Gasteiger partial charge is 0.492 e. The Kier molecular flexibility index (Phi) is 9.16. The highest BCUT2D eigenvalue weighted by Gasteiger charge is 2.32. The number of carbonyl (C=O) groups is 1. The van der Waals surface area contributed by atoms with Gasteiger partial charge in [-0.2, -0.15) is 0 Å². The minimum Gasteiger partial charge on any atom is -0.492 e. The fraction of sp³-hybridized carbons (Fsp3) is 0.435. The molecule has 1 aliphatic heterocycles. The summed E-state index contributed by atoms with van der Waals surface area (Å²) in [4.78, 5) is 12.8. The third-order valence-corrected chi connectivity index (χ3v) is 9.54.